The van der Waals surface area contributed by atoms with Crippen molar-refractivity contribution < 1.29 is 19.0 Å². The van der Waals surface area contributed by atoms with Crippen LogP contribution in [-0.4, -0.2) is 39.6 Å². The van der Waals surface area contributed by atoms with Crippen molar-refractivity contribution in [1.82, 2.24) is 9.55 Å². The van der Waals surface area contributed by atoms with Crippen molar-refractivity contribution >= 4 is 28.8 Å². The summed E-state index contributed by atoms with van der Waals surface area (Å²) in [5.41, 5.74) is 1.39. The van der Waals surface area contributed by atoms with Gasteiger partial charge in [0.1, 0.15) is 5.82 Å². The van der Waals surface area contributed by atoms with Gasteiger partial charge in [-0.15, -0.1) is 0 Å². The molecule has 7 heteroatoms. The number of nitrogens with zero attached hydrogens (tertiary/aromatic N) is 2. The first-order chi connectivity index (χ1) is 10.1. The number of aliphatic carboxylic acids is 1. The predicted molar refractivity (Wildman–Crippen MR) is 77.0 cm³/mol. The first-order valence-corrected chi connectivity index (χ1v) is 7.70. The topological polar surface area (TPSA) is 64.3 Å². The van der Waals surface area contributed by atoms with Crippen LogP contribution >= 0.6 is 11.8 Å². The largest absolute Gasteiger partial charge is 0.481 e. The summed E-state index contributed by atoms with van der Waals surface area (Å²) in [6.45, 7) is 2.09. The van der Waals surface area contributed by atoms with Gasteiger partial charge < -0.3 is 14.4 Å². The molecule has 0 saturated carbocycles. The van der Waals surface area contributed by atoms with Gasteiger partial charge in [0.25, 0.3) is 0 Å². The second-order valence-corrected chi connectivity index (χ2v) is 5.99. The Hall–Kier alpha value is -1.60. The Morgan fingerprint density at radius 1 is 1.57 bits per heavy atom. The number of rotatable bonds is 5. The molecule has 1 saturated heterocycles. The van der Waals surface area contributed by atoms with Gasteiger partial charge >= 0.3 is 5.97 Å². The third-order valence-electron chi connectivity index (χ3n) is 3.46. The van der Waals surface area contributed by atoms with Crippen LogP contribution in [0.1, 0.15) is 6.42 Å². The third kappa shape index (κ3) is 3.19. The summed E-state index contributed by atoms with van der Waals surface area (Å²) in [7, 11) is 0. The molecular weight excluding hydrogens is 295 g/mol. The standard InChI is InChI=1S/C14H15FN2O3S/c15-10-1-2-11-12(5-10)17(6-9-3-4-20-7-9)14(16-11)21-8-13(18)19/h1-2,5,9H,3-4,6-8H2,(H,18,19). The lowest BCUT2D eigenvalue weighted by Gasteiger charge is -2.12. The summed E-state index contributed by atoms with van der Waals surface area (Å²) in [6.07, 6.45) is 0.956. The van der Waals surface area contributed by atoms with Gasteiger partial charge in [0, 0.05) is 19.1 Å². The van der Waals surface area contributed by atoms with Crippen molar-refractivity contribution in [2.24, 2.45) is 5.92 Å². The van der Waals surface area contributed by atoms with E-state index in [1.165, 1.54) is 12.1 Å². The van der Waals surface area contributed by atoms with E-state index in [2.05, 4.69) is 4.98 Å². The third-order valence-corrected chi connectivity index (χ3v) is 4.43. The summed E-state index contributed by atoms with van der Waals surface area (Å²) in [6, 6.07) is 4.43. The minimum absolute atomic E-state index is 0.0625. The average Bonchev–Trinajstić information content (AvgIpc) is 3.06. The molecule has 5 nitrogen and oxygen atoms in total. The predicted octanol–water partition coefficient (Wildman–Crippen LogP) is 2.39. The molecule has 1 atom stereocenters. The lowest BCUT2D eigenvalue weighted by atomic mass is 10.1. The van der Waals surface area contributed by atoms with Gasteiger partial charge in [-0.25, -0.2) is 9.37 Å². The van der Waals surface area contributed by atoms with Crippen LogP contribution in [0.5, 0.6) is 0 Å². The maximum Gasteiger partial charge on any atom is 0.313 e. The van der Waals surface area contributed by atoms with Crippen molar-refractivity contribution in [3.05, 3.63) is 24.0 Å². The van der Waals surface area contributed by atoms with Gasteiger partial charge in [0.05, 0.1) is 23.4 Å². The van der Waals surface area contributed by atoms with Crippen LogP contribution in [-0.2, 0) is 16.1 Å². The highest BCUT2D eigenvalue weighted by Gasteiger charge is 2.20. The molecule has 1 unspecified atom stereocenters. The van der Waals surface area contributed by atoms with E-state index in [1.807, 2.05) is 4.57 Å². The van der Waals surface area contributed by atoms with Crippen molar-refractivity contribution in [1.29, 1.82) is 0 Å². The fraction of sp³-hybridized carbons (Fsp3) is 0.429. The number of hydrogen-bond acceptors (Lipinski definition) is 4. The number of carboxylic acids is 1. The highest BCUT2D eigenvalue weighted by Crippen LogP contribution is 2.27. The van der Waals surface area contributed by atoms with Gasteiger partial charge in [0.2, 0.25) is 0 Å². The molecule has 112 valence electrons. The zero-order chi connectivity index (χ0) is 14.8. The molecule has 2 aromatic rings. The van der Waals surface area contributed by atoms with E-state index < -0.39 is 5.97 Å². The summed E-state index contributed by atoms with van der Waals surface area (Å²) in [4.78, 5) is 15.2. The minimum atomic E-state index is -0.894. The molecule has 1 aliphatic heterocycles. The Morgan fingerprint density at radius 3 is 3.14 bits per heavy atom. The molecule has 0 bridgehead atoms. The number of aromatic nitrogens is 2. The van der Waals surface area contributed by atoms with Gasteiger partial charge in [-0.05, 0) is 24.6 Å². The van der Waals surface area contributed by atoms with Crippen LogP contribution in [0.4, 0.5) is 4.39 Å². The highest BCUT2D eigenvalue weighted by atomic mass is 32.2. The lowest BCUT2D eigenvalue weighted by Crippen LogP contribution is -2.12. The molecule has 1 N–H and O–H groups in total. The average molecular weight is 310 g/mol. The lowest BCUT2D eigenvalue weighted by molar-refractivity contribution is -0.133. The van der Waals surface area contributed by atoms with E-state index in [4.69, 9.17) is 9.84 Å². The normalized spacial score (nSPS) is 18.4. The number of benzene rings is 1. The molecule has 3 rings (SSSR count). The molecule has 21 heavy (non-hydrogen) atoms. The van der Waals surface area contributed by atoms with Crippen LogP contribution in [0.25, 0.3) is 11.0 Å². The van der Waals surface area contributed by atoms with Crippen LogP contribution in [0, 0.1) is 11.7 Å². The van der Waals surface area contributed by atoms with E-state index in [9.17, 15) is 9.18 Å². The Kier molecular flexibility index (Phi) is 4.12. The van der Waals surface area contributed by atoms with Crippen molar-refractivity contribution in [3.63, 3.8) is 0 Å². The Morgan fingerprint density at radius 2 is 2.43 bits per heavy atom. The van der Waals surface area contributed by atoms with Crippen molar-refractivity contribution in [3.8, 4) is 0 Å². The van der Waals surface area contributed by atoms with Gasteiger partial charge in [-0.2, -0.15) is 0 Å². The number of carbonyl (C=O) groups is 1. The maximum atomic E-state index is 13.5. The Bertz CT molecular complexity index is 668. The number of imidazole rings is 1. The zero-order valence-electron chi connectivity index (χ0n) is 11.3. The van der Waals surface area contributed by atoms with Crippen LogP contribution in [0.15, 0.2) is 23.4 Å². The van der Waals surface area contributed by atoms with E-state index in [0.29, 0.717) is 35.3 Å². The molecule has 0 aliphatic carbocycles. The van der Waals surface area contributed by atoms with Gasteiger partial charge in [-0.1, -0.05) is 11.8 Å². The molecular formula is C14H15FN2O3S. The molecule has 0 amide bonds. The summed E-state index contributed by atoms with van der Waals surface area (Å²) >= 11 is 1.16. The number of halogens is 1. The quantitative estimate of drug-likeness (QED) is 0.859. The molecule has 1 aliphatic rings. The molecule has 0 radical (unpaired) electrons. The number of thioether (sulfide) groups is 1. The Labute approximate surface area is 125 Å². The summed E-state index contributed by atoms with van der Waals surface area (Å²) in [5, 5.41) is 9.45. The van der Waals surface area contributed by atoms with Gasteiger partial charge in [0.15, 0.2) is 5.16 Å². The number of carboxylic acid groups (broad SMARTS) is 1. The first-order valence-electron chi connectivity index (χ1n) is 6.71. The molecule has 1 aromatic carbocycles. The fourth-order valence-corrected chi connectivity index (χ4v) is 3.22. The van der Waals surface area contributed by atoms with E-state index in [-0.39, 0.29) is 11.6 Å². The van der Waals surface area contributed by atoms with Gasteiger partial charge in [-0.3, -0.25) is 4.79 Å². The monoisotopic (exact) mass is 310 g/mol. The van der Waals surface area contributed by atoms with E-state index >= 15 is 0 Å². The van der Waals surface area contributed by atoms with Crippen molar-refractivity contribution in [2.45, 2.75) is 18.1 Å². The number of ether oxygens (including phenoxy) is 1. The summed E-state index contributed by atoms with van der Waals surface area (Å²) in [5.74, 6) is -0.919. The number of fused-ring (bicyclic) bond motifs is 1. The van der Waals surface area contributed by atoms with E-state index in [1.54, 1.807) is 6.07 Å². The van der Waals surface area contributed by atoms with Crippen LogP contribution < -0.4 is 0 Å². The highest BCUT2D eigenvalue weighted by molar-refractivity contribution is 7.99. The fourth-order valence-electron chi connectivity index (χ4n) is 2.47. The number of hydrogen-bond donors (Lipinski definition) is 1. The first kappa shape index (κ1) is 14.3. The van der Waals surface area contributed by atoms with Crippen LogP contribution in [0.3, 0.4) is 0 Å². The Balaban J connectivity index is 1.96. The summed E-state index contributed by atoms with van der Waals surface area (Å²) < 4.78 is 20.8. The smallest absolute Gasteiger partial charge is 0.313 e. The van der Waals surface area contributed by atoms with E-state index in [0.717, 1.165) is 24.8 Å². The molecule has 1 fully saturated rings. The SMILES string of the molecule is O=C(O)CSc1nc2ccc(F)cc2n1CC1CCOC1. The second kappa shape index (κ2) is 6.03. The molecule has 0 spiro atoms. The van der Waals surface area contributed by atoms with Crippen LogP contribution in [0.2, 0.25) is 0 Å². The van der Waals surface area contributed by atoms with Crippen molar-refractivity contribution in [2.75, 3.05) is 19.0 Å². The second-order valence-electron chi connectivity index (χ2n) is 5.05. The molecule has 1 aromatic heterocycles. The minimum Gasteiger partial charge on any atom is -0.481 e. The maximum absolute atomic E-state index is 13.5. The zero-order valence-corrected chi connectivity index (χ0v) is 12.1. The molecule has 2 heterocycles.